The van der Waals surface area contributed by atoms with Gasteiger partial charge in [0.05, 0.1) is 6.10 Å². The van der Waals surface area contributed by atoms with Crippen molar-refractivity contribution in [3.05, 3.63) is 23.8 Å². The Kier molecular flexibility index (Phi) is 3.54. The highest BCUT2D eigenvalue weighted by Gasteiger charge is 2.26. The fourth-order valence-corrected chi connectivity index (χ4v) is 2.54. The van der Waals surface area contributed by atoms with E-state index >= 15 is 0 Å². The van der Waals surface area contributed by atoms with Gasteiger partial charge in [0.2, 0.25) is 0 Å². The predicted octanol–water partition coefficient (Wildman–Crippen LogP) is 1.35. The van der Waals surface area contributed by atoms with E-state index in [0.29, 0.717) is 11.3 Å². The van der Waals surface area contributed by atoms with Crippen molar-refractivity contribution < 1.29 is 10.2 Å². The maximum absolute atomic E-state index is 10.4. The van der Waals surface area contributed by atoms with Gasteiger partial charge in [0.25, 0.3) is 0 Å². The zero-order valence-electron chi connectivity index (χ0n) is 10.1. The topological polar surface area (TPSA) is 69.7 Å². The Hall–Kier alpha value is -1.26. The van der Waals surface area contributed by atoms with Crippen LogP contribution in [0.2, 0.25) is 0 Å². The van der Waals surface area contributed by atoms with Crippen LogP contribution in [-0.4, -0.2) is 35.3 Å². The summed E-state index contributed by atoms with van der Waals surface area (Å²) in [6.07, 6.45) is 1.50. The van der Waals surface area contributed by atoms with Crippen LogP contribution in [0, 0.1) is 5.92 Å². The minimum atomic E-state index is -0.593. The molecule has 0 saturated carbocycles. The molecule has 1 aromatic rings. The summed E-state index contributed by atoms with van der Waals surface area (Å²) in [4.78, 5) is 2.22. The molecule has 4 nitrogen and oxygen atoms in total. The molecule has 94 valence electrons. The Labute approximate surface area is 102 Å². The van der Waals surface area contributed by atoms with Crippen LogP contribution < -0.4 is 5.73 Å². The Morgan fingerprint density at radius 2 is 2.24 bits per heavy atom. The highest BCUT2D eigenvalue weighted by atomic mass is 16.3. The van der Waals surface area contributed by atoms with Gasteiger partial charge in [-0.15, -0.1) is 0 Å². The molecule has 4 heteroatoms. The monoisotopic (exact) mass is 236 g/mol. The normalized spacial score (nSPS) is 23.5. The van der Waals surface area contributed by atoms with Crippen molar-refractivity contribution in [1.82, 2.24) is 4.90 Å². The zero-order chi connectivity index (χ0) is 12.4. The summed E-state index contributed by atoms with van der Waals surface area (Å²) >= 11 is 0. The standard InChI is InChI=1S/C13H20N2O2/c1-15-6-2-3-9(8-15)13(17)11-7-10(16)4-5-12(11)14/h4-5,7,9,13,16-17H,2-3,6,8,14H2,1H3. The maximum atomic E-state index is 10.4. The SMILES string of the molecule is CN1CCCC(C(O)c2cc(O)ccc2N)C1. The van der Waals surface area contributed by atoms with Crippen molar-refractivity contribution in [3.63, 3.8) is 0 Å². The van der Waals surface area contributed by atoms with E-state index in [1.165, 1.54) is 0 Å². The quantitative estimate of drug-likeness (QED) is 0.535. The second-order valence-electron chi connectivity index (χ2n) is 4.92. The molecule has 2 atom stereocenters. The van der Waals surface area contributed by atoms with Crippen LogP contribution >= 0.6 is 0 Å². The number of anilines is 1. The number of aromatic hydroxyl groups is 1. The number of benzene rings is 1. The minimum absolute atomic E-state index is 0.150. The molecule has 1 saturated heterocycles. The van der Waals surface area contributed by atoms with Crippen LogP contribution in [0.25, 0.3) is 0 Å². The zero-order valence-corrected chi connectivity index (χ0v) is 10.1. The molecule has 0 amide bonds. The molecular weight excluding hydrogens is 216 g/mol. The number of phenols is 1. The summed E-state index contributed by atoms with van der Waals surface area (Å²) in [5.41, 5.74) is 7.04. The van der Waals surface area contributed by atoms with E-state index < -0.39 is 6.10 Å². The largest absolute Gasteiger partial charge is 0.508 e. The van der Waals surface area contributed by atoms with Gasteiger partial charge in [0.15, 0.2) is 0 Å². The summed E-state index contributed by atoms with van der Waals surface area (Å²) in [5.74, 6) is 0.343. The molecule has 1 aromatic carbocycles. The van der Waals surface area contributed by atoms with Crippen LogP contribution in [0.15, 0.2) is 18.2 Å². The lowest BCUT2D eigenvalue weighted by atomic mass is 9.88. The summed E-state index contributed by atoms with van der Waals surface area (Å²) in [6.45, 7) is 1.95. The van der Waals surface area contributed by atoms with Gasteiger partial charge in [0.1, 0.15) is 5.75 Å². The predicted molar refractivity (Wildman–Crippen MR) is 67.7 cm³/mol. The number of aliphatic hydroxyl groups excluding tert-OH is 1. The van der Waals surface area contributed by atoms with Crippen molar-refractivity contribution in [1.29, 1.82) is 0 Å². The van der Waals surface area contributed by atoms with Gasteiger partial charge in [-0.25, -0.2) is 0 Å². The van der Waals surface area contributed by atoms with Gasteiger partial charge in [-0.1, -0.05) is 0 Å². The minimum Gasteiger partial charge on any atom is -0.508 e. The van der Waals surface area contributed by atoms with E-state index in [1.807, 2.05) is 0 Å². The lowest BCUT2D eigenvalue weighted by molar-refractivity contribution is 0.0595. The van der Waals surface area contributed by atoms with Crippen molar-refractivity contribution in [2.24, 2.45) is 5.92 Å². The fraction of sp³-hybridized carbons (Fsp3) is 0.538. The van der Waals surface area contributed by atoms with Gasteiger partial charge in [-0.05, 0) is 44.6 Å². The molecule has 0 aliphatic carbocycles. The molecule has 4 N–H and O–H groups in total. The third-order valence-corrected chi connectivity index (χ3v) is 3.50. The average Bonchev–Trinajstić information content (AvgIpc) is 2.31. The number of rotatable bonds is 2. The molecule has 0 aromatic heterocycles. The number of aliphatic hydroxyl groups is 1. The third kappa shape index (κ3) is 2.70. The first-order valence-electron chi connectivity index (χ1n) is 6.03. The number of nitrogen functional groups attached to an aromatic ring is 1. The number of nitrogens with two attached hydrogens (primary N) is 1. The molecule has 1 heterocycles. The number of nitrogens with zero attached hydrogens (tertiary/aromatic N) is 1. The number of hydrogen-bond donors (Lipinski definition) is 3. The lowest BCUT2D eigenvalue weighted by Crippen LogP contribution is -2.35. The molecule has 1 aliphatic rings. The van der Waals surface area contributed by atoms with Gasteiger partial charge in [-0.2, -0.15) is 0 Å². The van der Waals surface area contributed by atoms with Crippen LogP contribution in [0.4, 0.5) is 5.69 Å². The van der Waals surface area contributed by atoms with Crippen molar-refractivity contribution >= 4 is 5.69 Å². The van der Waals surface area contributed by atoms with E-state index in [9.17, 15) is 10.2 Å². The average molecular weight is 236 g/mol. The van der Waals surface area contributed by atoms with Crippen LogP contribution in [0.3, 0.4) is 0 Å². The van der Waals surface area contributed by atoms with Crippen LogP contribution in [-0.2, 0) is 0 Å². The molecule has 0 bridgehead atoms. The van der Waals surface area contributed by atoms with E-state index in [0.717, 1.165) is 25.9 Å². The van der Waals surface area contributed by atoms with Gasteiger partial charge in [0, 0.05) is 23.7 Å². The number of likely N-dealkylation sites (tertiary alicyclic amines) is 1. The lowest BCUT2D eigenvalue weighted by Gasteiger charge is -2.33. The Balaban J connectivity index is 2.18. The Bertz CT molecular complexity index is 395. The first-order chi connectivity index (χ1) is 8.08. The molecule has 1 aliphatic heterocycles. The van der Waals surface area contributed by atoms with E-state index in [1.54, 1.807) is 18.2 Å². The molecule has 1 fully saturated rings. The first kappa shape index (κ1) is 12.2. The number of phenolic OH excluding ortho intramolecular Hbond substituents is 1. The Morgan fingerprint density at radius 1 is 1.47 bits per heavy atom. The van der Waals surface area contributed by atoms with Crippen molar-refractivity contribution in [2.45, 2.75) is 18.9 Å². The molecule has 2 rings (SSSR count). The molecule has 0 radical (unpaired) electrons. The second kappa shape index (κ2) is 4.94. The Morgan fingerprint density at radius 3 is 2.94 bits per heavy atom. The molecular formula is C13H20N2O2. The van der Waals surface area contributed by atoms with Crippen molar-refractivity contribution in [2.75, 3.05) is 25.9 Å². The number of hydrogen-bond acceptors (Lipinski definition) is 4. The summed E-state index contributed by atoms with van der Waals surface area (Å²) in [7, 11) is 2.06. The fourth-order valence-electron chi connectivity index (χ4n) is 2.54. The van der Waals surface area contributed by atoms with Crippen molar-refractivity contribution in [3.8, 4) is 5.75 Å². The van der Waals surface area contributed by atoms with Gasteiger partial charge in [-0.3, -0.25) is 0 Å². The summed E-state index contributed by atoms with van der Waals surface area (Å²) < 4.78 is 0. The molecule has 17 heavy (non-hydrogen) atoms. The maximum Gasteiger partial charge on any atom is 0.116 e. The smallest absolute Gasteiger partial charge is 0.116 e. The summed E-state index contributed by atoms with van der Waals surface area (Å²) in [5, 5.41) is 19.8. The van der Waals surface area contributed by atoms with Gasteiger partial charge < -0.3 is 20.8 Å². The van der Waals surface area contributed by atoms with E-state index in [-0.39, 0.29) is 11.7 Å². The second-order valence-corrected chi connectivity index (χ2v) is 4.92. The highest BCUT2D eigenvalue weighted by Crippen LogP contribution is 2.33. The first-order valence-corrected chi connectivity index (χ1v) is 6.03. The van der Waals surface area contributed by atoms with E-state index in [2.05, 4.69) is 11.9 Å². The third-order valence-electron chi connectivity index (χ3n) is 3.50. The van der Waals surface area contributed by atoms with Crippen LogP contribution in [0.5, 0.6) is 5.75 Å². The molecule has 0 spiro atoms. The van der Waals surface area contributed by atoms with Gasteiger partial charge >= 0.3 is 0 Å². The van der Waals surface area contributed by atoms with E-state index in [4.69, 9.17) is 5.73 Å². The molecule has 2 unspecified atom stereocenters. The summed E-state index contributed by atoms with van der Waals surface area (Å²) in [6, 6.07) is 4.74. The highest BCUT2D eigenvalue weighted by molar-refractivity contribution is 5.51. The van der Waals surface area contributed by atoms with Crippen LogP contribution in [0.1, 0.15) is 24.5 Å². The number of piperidine rings is 1.